The third-order valence-electron chi connectivity index (χ3n) is 5.17. The molecule has 0 aliphatic carbocycles. The monoisotopic (exact) mass is 424 g/mol. The van der Waals surface area contributed by atoms with Gasteiger partial charge in [0.25, 0.3) is 0 Å². The molecular weight excluding hydrogens is 407 g/mol. The lowest BCUT2D eigenvalue weighted by Gasteiger charge is -2.09. The van der Waals surface area contributed by atoms with E-state index in [0.29, 0.717) is 26.7 Å². The smallest absolute Gasteiger partial charge is 0.205 e. The van der Waals surface area contributed by atoms with E-state index in [1.54, 1.807) is 24.3 Å². The number of aromatic nitrogens is 1. The highest BCUT2D eigenvalue weighted by Crippen LogP contribution is 2.42. The van der Waals surface area contributed by atoms with Crippen LogP contribution in [-0.2, 0) is 0 Å². The van der Waals surface area contributed by atoms with Gasteiger partial charge >= 0.3 is 0 Å². The molecule has 5 aromatic rings. The van der Waals surface area contributed by atoms with Crippen LogP contribution in [0.4, 0.5) is 10.1 Å². The summed E-state index contributed by atoms with van der Waals surface area (Å²) in [6.45, 7) is 0. The Labute approximate surface area is 182 Å². The zero-order valence-electron chi connectivity index (χ0n) is 16.4. The number of nitrogen functional groups attached to an aromatic ring is 1. The molecule has 0 aliphatic heterocycles. The van der Waals surface area contributed by atoms with E-state index in [1.807, 2.05) is 54.6 Å². The summed E-state index contributed by atoms with van der Waals surface area (Å²) in [6.07, 6.45) is 0. The van der Waals surface area contributed by atoms with E-state index in [0.717, 1.165) is 22.1 Å². The third-order valence-corrected chi connectivity index (χ3v) is 6.26. The van der Waals surface area contributed by atoms with Gasteiger partial charge in [0.2, 0.25) is 5.78 Å². The van der Waals surface area contributed by atoms with Crippen LogP contribution in [0.15, 0.2) is 91.0 Å². The molecule has 31 heavy (non-hydrogen) atoms. The summed E-state index contributed by atoms with van der Waals surface area (Å²) in [5.41, 5.74) is 10.9. The van der Waals surface area contributed by atoms with Gasteiger partial charge in [-0.15, -0.1) is 11.3 Å². The summed E-state index contributed by atoms with van der Waals surface area (Å²) in [6, 6.07) is 27.1. The second-order valence-corrected chi connectivity index (χ2v) is 8.15. The normalized spacial score (nSPS) is 11.0. The Kier molecular flexibility index (Phi) is 4.81. The average Bonchev–Trinajstić information content (AvgIpc) is 3.16. The van der Waals surface area contributed by atoms with E-state index in [1.165, 1.54) is 23.5 Å². The van der Waals surface area contributed by atoms with Crippen LogP contribution in [0.1, 0.15) is 15.2 Å². The van der Waals surface area contributed by atoms with Crippen LogP contribution >= 0.6 is 11.3 Å². The van der Waals surface area contributed by atoms with Gasteiger partial charge in [0.1, 0.15) is 15.5 Å². The average molecular weight is 425 g/mol. The van der Waals surface area contributed by atoms with Crippen molar-refractivity contribution >= 4 is 33.0 Å². The summed E-state index contributed by atoms with van der Waals surface area (Å²) < 4.78 is 13.4. The highest BCUT2D eigenvalue weighted by atomic mass is 32.1. The number of pyridine rings is 1. The Morgan fingerprint density at radius 1 is 0.839 bits per heavy atom. The molecule has 150 valence electrons. The molecule has 5 rings (SSSR count). The maximum absolute atomic E-state index is 13.4. The first kappa shape index (κ1) is 19.2. The number of hydrogen-bond acceptors (Lipinski definition) is 4. The summed E-state index contributed by atoms with van der Waals surface area (Å²) in [5, 5.41) is 0.765. The minimum Gasteiger partial charge on any atom is -0.397 e. The Balaban J connectivity index is 1.76. The Bertz CT molecular complexity index is 1390. The van der Waals surface area contributed by atoms with E-state index < -0.39 is 0 Å². The molecule has 3 nitrogen and oxygen atoms in total. The summed E-state index contributed by atoms with van der Waals surface area (Å²) in [4.78, 5) is 19.1. The lowest BCUT2D eigenvalue weighted by Crippen LogP contribution is -2.01. The summed E-state index contributed by atoms with van der Waals surface area (Å²) in [7, 11) is 0. The van der Waals surface area contributed by atoms with E-state index in [-0.39, 0.29) is 11.6 Å². The second-order valence-electron chi connectivity index (χ2n) is 7.15. The van der Waals surface area contributed by atoms with Crippen molar-refractivity contribution in [1.82, 2.24) is 4.98 Å². The number of halogens is 1. The molecule has 0 saturated carbocycles. The number of nitrogens with two attached hydrogens (primary N) is 1. The first-order valence-corrected chi connectivity index (χ1v) is 10.6. The molecule has 2 aromatic heterocycles. The lowest BCUT2D eigenvalue weighted by molar-refractivity contribution is 0.104. The number of rotatable bonds is 4. The quantitative estimate of drug-likeness (QED) is 0.331. The van der Waals surface area contributed by atoms with Crippen LogP contribution < -0.4 is 5.73 Å². The molecule has 3 aromatic carbocycles. The molecule has 0 bridgehead atoms. The number of benzene rings is 3. The van der Waals surface area contributed by atoms with E-state index >= 15 is 0 Å². The van der Waals surface area contributed by atoms with Crippen molar-refractivity contribution in [2.45, 2.75) is 0 Å². The van der Waals surface area contributed by atoms with E-state index in [2.05, 4.69) is 0 Å². The maximum Gasteiger partial charge on any atom is 0.205 e. The van der Waals surface area contributed by atoms with Crippen LogP contribution in [0, 0.1) is 5.82 Å². The number of carbonyl (C=O) groups excluding carboxylic acids is 1. The molecule has 0 aliphatic rings. The number of hydrogen-bond donors (Lipinski definition) is 1. The van der Waals surface area contributed by atoms with Crippen molar-refractivity contribution in [2.24, 2.45) is 0 Å². The molecule has 0 atom stereocenters. The molecule has 0 saturated heterocycles. The minimum atomic E-state index is -0.302. The fraction of sp³-hybridized carbons (Fsp3) is 0. The van der Waals surface area contributed by atoms with Gasteiger partial charge in [0.05, 0.1) is 11.4 Å². The highest BCUT2D eigenvalue weighted by molar-refractivity contribution is 7.21. The van der Waals surface area contributed by atoms with Gasteiger partial charge in [-0.1, -0.05) is 60.7 Å². The van der Waals surface area contributed by atoms with Crippen molar-refractivity contribution in [3.8, 4) is 22.4 Å². The number of fused-ring (bicyclic) bond motifs is 1. The van der Waals surface area contributed by atoms with Crippen LogP contribution in [0.5, 0.6) is 0 Å². The predicted octanol–water partition coefficient (Wildman–Crippen LogP) is 6.58. The van der Waals surface area contributed by atoms with Crippen molar-refractivity contribution in [3.05, 3.63) is 107 Å². The number of anilines is 1. The molecule has 0 spiro atoms. The fourth-order valence-corrected chi connectivity index (χ4v) is 4.71. The van der Waals surface area contributed by atoms with Crippen molar-refractivity contribution < 1.29 is 9.18 Å². The zero-order chi connectivity index (χ0) is 21.4. The molecule has 2 heterocycles. The van der Waals surface area contributed by atoms with Crippen LogP contribution in [0.2, 0.25) is 0 Å². The van der Waals surface area contributed by atoms with Gasteiger partial charge in [0, 0.05) is 16.5 Å². The van der Waals surface area contributed by atoms with Gasteiger partial charge in [-0.3, -0.25) is 4.79 Å². The van der Waals surface area contributed by atoms with Gasteiger partial charge < -0.3 is 5.73 Å². The summed E-state index contributed by atoms with van der Waals surface area (Å²) >= 11 is 1.29. The summed E-state index contributed by atoms with van der Waals surface area (Å²) in [5.74, 6) is -0.423. The van der Waals surface area contributed by atoms with Crippen molar-refractivity contribution in [2.75, 3.05) is 5.73 Å². The molecule has 0 unspecified atom stereocenters. The van der Waals surface area contributed by atoms with Gasteiger partial charge in [-0.25, -0.2) is 9.37 Å². The Morgan fingerprint density at radius 3 is 2.16 bits per heavy atom. The standard InChI is InChI=1S/C26H17FN2OS/c27-19-13-11-17(12-14-19)21-15-20(16-7-3-1-4-8-16)22-23(28)25(31-26(22)29-21)24(30)18-9-5-2-6-10-18/h1-15H,28H2. The minimum absolute atomic E-state index is 0.122. The van der Waals surface area contributed by atoms with Crippen molar-refractivity contribution in [1.29, 1.82) is 0 Å². The Morgan fingerprint density at radius 2 is 1.48 bits per heavy atom. The van der Waals surface area contributed by atoms with Crippen molar-refractivity contribution in [3.63, 3.8) is 0 Å². The van der Waals surface area contributed by atoms with Crippen LogP contribution in [0.3, 0.4) is 0 Å². The highest BCUT2D eigenvalue weighted by Gasteiger charge is 2.22. The second kappa shape index (κ2) is 7.78. The van der Waals surface area contributed by atoms with Gasteiger partial charge in [-0.2, -0.15) is 0 Å². The first-order valence-electron chi connectivity index (χ1n) is 9.76. The topological polar surface area (TPSA) is 56.0 Å². The molecule has 0 amide bonds. The number of thiophene rings is 1. The van der Waals surface area contributed by atoms with E-state index in [9.17, 15) is 9.18 Å². The van der Waals surface area contributed by atoms with Gasteiger partial charge in [-0.05, 0) is 41.5 Å². The molecule has 0 fully saturated rings. The maximum atomic E-state index is 13.4. The molecular formula is C26H17FN2OS. The Hall–Kier alpha value is -3.83. The van der Waals surface area contributed by atoms with Gasteiger partial charge in [0.15, 0.2) is 0 Å². The molecule has 0 radical (unpaired) electrons. The largest absolute Gasteiger partial charge is 0.397 e. The SMILES string of the molecule is Nc1c(C(=O)c2ccccc2)sc2nc(-c3ccc(F)cc3)cc(-c3ccccc3)c12. The molecule has 5 heteroatoms. The predicted molar refractivity (Wildman–Crippen MR) is 125 cm³/mol. The third kappa shape index (κ3) is 3.49. The zero-order valence-corrected chi connectivity index (χ0v) is 17.2. The lowest BCUT2D eigenvalue weighted by atomic mass is 9.99. The first-order chi connectivity index (χ1) is 15.1. The number of nitrogens with zero attached hydrogens (tertiary/aromatic N) is 1. The van der Waals surface area contributed by atoms with Crippen LogP contribution in [0.25, 0.3) is 32.6 Å². The van der Waals surface area contributed by atoms with Crippen LogP contribution in [-0.4, -0.2) is 10.8 Å². The fourth-order valence-electron chi connectivity index (χ4n) is 3.62. The number of carbonyl (C=O) groups is 1. The van der Waals surface area contributed by atoms with E-state index in [4.69, 9.17) is 10.7 Å². The molecule has 2 N–H and O–H groups in total. The number of ketones is 1.